The number of hydrogen-bond donors (Lipinski definition) is 0. The van der Waals surface area contributed by atoms with Crippen LogP contribution in [0.1, 0.15) is 73.4 Å². The van der Waals surface area contributed by atoms with Crippen LogP contribution in [0.2, 0.25) is 0 Å². The van der Waals surface area contributed by atoms with Gasteiger partial charge in [0.2, 0.25) is 0 Å². The van der Waals surface area contributed by atoms with Crippen LogP contribution >= 0.6 is 11.3 Å². The Morgan fingerprint density at radius 2 is 1.38 bits per heavy atom. The lowest BCUT2D eigenvalue weighted by Gasteiger charge is -2.46. The Morgan fingerprint density at radius 3 is 2.03 bits per heavy atom. The van der Waals surface area contributed by atoms with E-state index in [0.717, 1.165) is 5.69 Å². The van der Waals surface area contributed by atoms with Gasteiger partial charge in [-0.1, -0.05) is 98.7 Å². The van der Waals surface area contributed by atoms with Crippen molar-refractivity contribution in [3.05, 3.63) is 78.0 Å². The van der Waals surface area contributed by atoms with Gasteiger partial charge in [-0.15, -0.1) is 11.3 Å². The highest BCUT2D eigenvalue weighted by atomic mass is 32.1. The number of fused-ring (bicyclic) bond motifs is 4. The Labute approximate surface area is 227 Å². The average Bonchev–Trinajstić information content (AvgIpc) is 3.20. The lowest BCUT2D eigenvalue weighted by molar-refractivity contribution is 0.148. The molecule has 0 atom stereocenters. The summed E-state index contributed by atoms with van der Waals surface area (Å²) in [5.41, 5.74) is 5.35. The number of nitrogens with zero attached hydrogens (tertiary/aromatic N) is 1. The molecule has 0 aliphatic rings. The molecule has 0 fully saturated rings. The van der Waals surface area contributed by atoms with Gasteiger partial charge in [0.1, 0.15) is 0 Å². The molecule has 3 aromatic carbocycles. The monoisotopic (exact) mass is 507 g/mol. The molecular weight excluding hydrogens is 466 g/mol. The quantitative estimate of drug-likeness (QED) is 0.230. The van der Waals surface area contributed by atoms with Crippen molar-refractivity contribution in [3.8, 4) is 11.3 Å². The number of rotatable bonds is 5. The number of aromatic nitrogens is 1. The maximum atomic E-state index is 4.97. The van der Waals surface area contributed by atoms with Crippen LogP contribution in [0, 0.1) is 17.8 Å². The first-order valence-electron chi connectivity index (χ1n) is 13.8. The Kier molecular flexibility index (Phi) is 6.47. The molecule has 0 aliphatic carbocycles. The fourth-order valence-corrected chi connectivity index (χ4v) is 8.49. The first-order chi connectivity index (χ1) is 17.5. The van der Waals surface area contributed by atoms with Crippen molar-refractivity contribution in [2.24, 2.45) is 17.8 Å². The lowest BCUT2D eigenvalue weighted by atomic mass is 9.58. The number of benzene rings is 3. The van der Waals surface area contributed by atoms with Crippen LogP contribution in [0.3, 0.4) is 0 Å². The molecule has 0 radical (unpaired) electrons. The maximum Gasteiger partial charge on any atom is 0.0880 e. The van der Waals surface area contributed by atoms with E-state index < -0.39 is 0 Å². The van der Waals surface area contributed by atoms with E-state index in [4.69, 9.17) is 4.98 Å². The fraction of sp³-hybridized carbons (Fsp3) is 0.400. The molecule has 0 bridgehead atoms. The third-order valence-electron chi connectivity index (χ3n) is 8.70. The molecule has 5 rings (SSSR count). The summed E-state index contributed by atoms with van der Waals surface area (Å²) in [5.74, 6) is 1.68. The predicted octanol–water partition coefficient (Wildman–Crippen LogP) is 10.8. The van der Waals surface area contributed by atoms with Crippen molar-refractivity contribution in [2.75, 3.05) is 0 Å². The van der Waals surface area contributed by atoms with E-state index in [1.165, 1.54) is 47.6 Å². The summed E-state index contributed by atoms with van der Waals surface area (Å²) in [4.78, 5) is 4.97. The van der Waals surface area contributed by atoms with Gasteiger partial charge in [0.15, 0.2) is 0 Å². The van der Waals surface area contributed by atoms with Crippen LogP contribution in [0.4, 0.5) is 0 Å². The largest absolute Gasteiger partial charge is 0.255 e. The smallest absolute Gasteiger partial charge is 0.0880 e. The molecule has 192 valence electrons. The number of thiophene rings is 1. The third-order valence-corrected chi connectivity index (χ3v) is 9.87. The molecule has 2 aromatic heterocycles. The average molecular weight is 508 g/mol. The predicted molar refractivity (Wildman–Crippen MR) is 165 cm³/mol. The SMILES string of the molecule is CC(C)C(c1ccc2c(c1)sc1c(-c3cc(C(C)(C)C)c4ccccc4c3)nccc12)(C(C)C)C(C)C. The maximum absolute atomic E-state index is 4.97. The van der Waals surface area contributed by atoms with Gasteiger partial charge in [0, 0.05) is 32.6 Å². The van der Waals surface area contributed by atoms with E-state index in [1.807, 2.05) is 17.5 Å². The van der Waals surface area contributed by atoms with Crippen LogP contribution in [-0.2, 0) is 10.8 Å². The van der Waals surface area contributed by atoms with E-state index in [9.17, 15) is 0 Å². The highest BCUT2D eigenvalue weighted by Crippen LogP contribution is 2.48. The summed E-state index contributed by atoms with van der Waals surface area (Å²) in [6.45, 7) is 21.3. The molecule has 2 heteroatoms. The van der Waals surface area contributed by atoms with Gasteiger partial charge in [-0.2, -0.15) is 0 Å². The summed E-state index contributed by atoms with van der Waals surface area (Å²) >= 11 is 1.90. The molecule has 0 saturated heterocycles. The topological polar surface area (TPSA) is 12.9 Å². The van der Waals surface area contributed by atoms with Crippen molar-refractivity contribution in [1.29, 1.82) is 0 Å². The zero-order valence-electron chi connectivity index (χ0n) is 23.9. The second-order valence-electron chi connectivity index (χ2n) is 12.7. The van der Waals surface area contributed by atoms with Crippen molar-refractivity contribution in [3.63, 3.8) is 0 Å². The van der Waals surface area contributed by atoms with Gasteiger partial charge < -0.3 is 0 Å². The Morgan fingerprint density at radius 1 is 0.703 bits per heavy atom. The fourth-order valence-electron chi connectivity index (χ4n) is 7.25. The summed E-state index contributed by atoms with van der Waals surface area (Å²) in [6, 6.07) is 22.9. The Balaban J connectivity index is 1.76. The lowest BCUT2D eigenvalue weighted by Crippen LogP contribution is -2.42. The van der Waals surface area contributed by atoms with Gasteiger partial charge in [-0.25, -0.2) is 0 Å². The van der Waals surface area contributed by atoms with Crippen LogP contribution < -0.4 is 0 Å². The van der Waals surface area contributed by atoms with Gasteiger partial charge in [-0.05, 0) is 69.3 Å². The van der Waals surface area contributed by atoms with E-state index in [-0.39, 0.29) is 10.8 Å². The summed E-state index contributed by atoms with van der Waals surface area (Å²) in [6.07, 6.45) is 1.99. The van der Waals surface area contributed by atoms with E-state index >= 15 is 0 Å². The van der Waals surface area contributed by atoms with E-state index in [1.54, 1.807) is 0 Å². The molecule has 5 aromatic rings. The highest BCUT2D eigenvalue weighted by Gasteiger charge is 2.41. The molecule has 0 N–H and O–H groups in total. The van der Waals surface area contributed by atoms with Crippen LogP contribution in [-0.4, -0.2) is 4.98 Å². The summed E-state index contributed by atoms with van der Waals surface area (Å²) in [5, 5.41) is 5.27. The highest BCUT2D eigenvalue weighted by molar-refractivity contribution is 7.26. The van der Waals surface area contributed by atoms with E-state index in [0.29, 0.717) is 17.8 Å². The molecule has 0 spiro atoms. The van der Waals surface area contributed by atoms with Crippen molar-refractivity contribution < 1.29 is 0 Å². The molecular formula is C35H41NS. The summed E-state index contributed by atoms with van der Waals surface area (Å²) < 4.78 is 2.65. The van der Waals surface area contributed by atoms with Gasteiger partial charge in [-0.3, -0.25) is 4.98 Å². The molecule has 0 unspecified atom stereocenters. The molecule has 0 amide bonds. The van der Waals surface area contributed by atoms with Crippen molar-refractivity contribution in [2.45, 2.75) is 73.1 Å². The van der Waals surface area contributed by atoms with Crippen LogP contribution in [0.15, 0.2) is 66.9 Å². The molecule has 2 heterocycles. The third kappa shape index (κ3) is 4.09. The molecule has 1 nitrogen and oxygen atoms in total. The minimum atomic E-state index is 0.0481. The zero-order valence-corrected chi connectivity index (χ0v) is 24.8. The van der Waals surface area contributed by atoms with Gasteiger partial charge in [0.05, 0.1) is 10.4 Å². The molecule has 0 aliphatic heterocycles. The Bertz CT molecular complexity index is 1570. The van der Waals surface area contributed by atoms with Crippen molar-refractivity contribution in [1.82, 2.24) is 4.98 Å². The van der Waals surface area contributed by atoms with Crippen LogP contribution in [0.25, 0.3) is 42.2 Å². The first kappa shape index (κ1) is 25.9. The van der Waals surface area contributed by atoms with Crippen LogP contribution in [0.5, 0.6) is 0 Å². The standard InChI is InChI=1S/C35H41NS/c1-21(2)35(22(3)4,23(5)6)26-14-15-28-29-16-17-36-32(33(29)37-31(28)20-26)25-18-24-12-10-11-13-27(24)30(19-25)34(7,8)9/h10-23H,1-9H3. The van der Waals surface area contributed by atoms with Gasteiger partial charge in [0.25, 0.3) is 0 Å². The Hall–Kier alpha value is -2.71. The molecule has 37 heavy (non-hydrogen) atoms. The first-order valence-corrected chi connectivity index (χ1v) is 14.6. The normalized spacial score (nSPS) is 13.2. The number of hydrogen-bond acceptors (Lipinski definition) is 2. The summed E-state index contributed by atoms with van der Waals surface area (Å²) in [7, 11) is 0. The minimum Gasteiger partial charge on any atom is -0.255 e. The molecule has 0 saturated carbocycles. The minimum absolute atomic E-state index is 0.0481. The van der Waals surface area contributed by atoms with Gasteiger partial charge >= 0.3 is 0 Å². The van der Waals surface area contributed by atoms with Crippen molar-refractivity contribution >= 4 is 42.3 Å². The van der Waals surface area contributed by atoms with E-state index in [2.05, 4.69) is 123 Å². The second-order valence-corrected chi connectivity index (χ2v) is 13.8. The zero-order chi connectivity index (χ0) is 26.7. The number of pyridine rings is 1. The second kappa shape index (κ2) is 9.24.